The lowest BCUT2D eigenvalue weighted by atomic mass is 9.94. The number of alkyl halides is 1. The molecule has 0 aliphatic carbocycles. The second kappa shape index (κ2) is 9.11. The van der Waals surface area contributed by atoms with Gasteiger partial charge in [0.1, 0.15) is 11.5 Å². The molecule has 4 heteroatoms. The average molecular weight is 435 g/mol. The fraction of sp³-hybridized carbons (Fsp3) is 0.478. The number of benzene rings is 2. The molecule has 0 saturated carbocycles. The van der Waals surface area contributed by atoms with Crippen molar-refractivity contribution in [3.63, 3.8) is 0 Å². The first-order valence-corrected chi connectivity index (χ1v) is 10.3. The Morgan fingerprint density at radius 3 is 2.22 bits per heavy atom. The fourth-order valence-corrected chi connectivity index (χ4v) is 3.61. The van der Waals surface area contributed by atoms with Crippen LogP contribution in [0.25, 0.3) is 10.8 Å². The standard InChI is InChI=1S/C23H31BrO3/c1-15(12-14-20(24)23(3,4)25)11-13-17-16(2)21(26-5)18-9-7-8-10-19(18)22(17)27-6/h7-11,20,25H,12-14H2,1-6H3. The molecule has 1 atom stereocenters. The van der Waals surface area contributed by atoms with E-state index in [1.807, 2.05) is 26.0 Å². The van der Waals surface area contributed by atoms with Crippen molar-refractivity contribution in [1.82, 2.24) is 0 Å². The molecule has 0 fully saturated rings. The summed E-state index contributed by atoms with van der Waals surface area (Å²) in [5, 5.41) is 12.2. The SMILES string of the molecule is COc1c(C)c(CC=C(C)CCC(Br)C(C)(C)O)c(OC)c2ccccc12. The summed E-state index contributed by atoms with van der Waals surface area (Å²) in [4.78, 5) is 0.0744. The van der Waals surface area contributed by atoms with Crippen molar-refractivity contribution in [2.24, 2.45) is 0 Å². The Morgan fingerprint density at radius 1 is 1.15 bits per heavy atom. The van der Waals surface area contributed by atoms with Crippen molar-refractivity contribution >= 4 is 26.7 Å². The second-order valence-electron chi connectivity index (χ2n) is 7.63. The second-order valence-corrected chi connectivity index (χ2v) is 8.74. The van der Waals surface area contributed by atoms with Crippen LogP contribution in [0.2, 0.25) is 0 Å². The van der Waals surface area contributed by atoms with E-state index in [9.17, 15) is 5.11 Å². The van der Waals surface area contributed by atoms with E-state index in [1.165, 1.54) is 5.57 Å². The summed E-state index contributed by atoms with van der Waals surface area (Å²) >= 11 is 3.59. The Kier molecular flexibility index (Phi) is 7.35. The topological polar surface area (TPSA) is 38.7 Å². The van der Waals surface area contributed by atoms with Crippen LogP contribution in [0, 0.1) is 6.92 Å². The molecule has 3 nitrogen and oxygen atoms in total. The van der Waals surface area contributed by atoms with Crippen molar-refractivity contribution in [2.75, 3.05) is 14.2 Å². The number of allylic oxidation sites excluding steroid dienone is 2. The largest absolute Gasteiger partial charge is 0.496 e. The molecule has 0 aromatic heterocycles. The number of aliphatic hydroxyl groups is 1. The maximum atomic E-state index is 10.1. The summed E-state index contributed by atoms with van der Waals surface area (Å²) in [7, 11) is 3.45. The van der Waals surface area contributed by atoms with E-state index in [-0.39, 0.29) is 4.83 Å². The summed E-state index contributed by atoms with van der Waals surface area (Å²) in [5.41, 5.74) is 2.86. The van der Waals surface area contributed by atoms with Gasteiger partial charge in [-0.1, -0.05) is 51.8 Å². The number of fused-ring (bicyclic) bond motifs is 1. The van der Waals surface area contributed by atoms with Crippen molar-refractivity contribution in [2.45, 2.75) is 57.4 Å². The molecule has 0 bridgehead atoms. The minimum atomic E-state index is -0.716. The average Bonchev–Trinajstić information content (AvgIpc) is 2.63. The Labute approximate surface area is 171 Å². The van der Waals surface area contributed by atoms with Crippen LogP contribution in [0.4, 0.5) is 0 Å². The maximum Gasteiger partial charge on any atom is 0.130 e. The molecule has 2 rings (SSSR count). The molecule has 0 spiro atoms. The summed E-state index contributed by atoms with van der Waals surface area (Å²) in [6, 6.07) is 8.19. The molecule has 0 aliphatic rings. The normalized spacial score (nSPS) is 13.7. The number of rotatable bonds is 8. The minimum absolute atomic E-state index is 0.0744. The third-order valence-corrected chi connectivity index (χ3v) is 6.68. The molecule has 0 amide bonds. The van der Waals surface area contributed by atoms with Gasteiger partial charge in [0.15, 0.2) is 0 Å². The van der Waals surface area contributed by atoms with E-state index < -0.39 is 5.60 Å². The summed E-state index contributed by atoms with van der Waals surface area (Å²) in [5.74, 6) is 1.83. The highest BCUT2D eigenvalue weighted by Crippen LogP contribution is 2.40. The Bertz CT molecular complexity index is 818. The highest BCUT2D eigenvalue weighted by molar-refractivity contribution is 9.09. The predicted molar refractivity (Wildman–Crippen MR) is 117 cm³/mol. The van der Waals surface area contributed by atoms with Gasteiger partial charge in [-0.05, 0) is 52.5 Å². The van der Waals surface area contributed by atoms with E-state index >= 15 is 0 Å². The Hall–Kier alpha value is -1.52. The number of halogens is 1. The number of hydrogen-bond acceptors (Lipinski definition) is 3. The van der Waals surface area contributed by atoms with Gasteiger partial charge in [0.2, 0.25) is 0 Å². The van der Waals surface area contributed by atoms with E-state index in [0.29, 0.717) is 0 Å². The van der Waals surface area contributed by atoms with Crippen molar-refractivity contribution in [3.05, 3.63) is 47.0 Å². The lowest BCUT2D eigenvalue weighted by Gasteiger charge is -2.24. The first kappa shape index (κ1) is 21.8. The lowest BCUT2D eigenvalue weighted by molar-refractivity contribution is 0.0774. The van der Waals surface area contributed by atoms with Crippen LogP contribution in [-0.2, 0) is 6.42 Å². The van der Waals surface area contributed by atoms with E-state index in [1.54, 1.807) is 14.2 Å². The highest BCUT2D eigenvalue weighted by atomic mass is 79.9. The molecule has 0 heterocycles. The van der Waals surface area contributed by atoms with Gasteiger partial charge in [0.25, 0.3) is 0 Å². The molecular weight excluding hydrogens is 404 g/mol. The highest BCUT2D eigenvalue weighted by Gasteiger charge is 2.23. The zero-order valence-corrected chi connectivity index (χ0v) is 18.8. The number of hydrogen-bond donors (Lipinski definition) is 1. The van der Waals surface area contributed by atoms with Gasteiger partial charge < -0.3 is 14.6 Å². The van der Waals surface area contributed by atoms with Crippen LogP contribution in [-0.4, -0.2) is 29.8 Å². The molecule has 1 unspecified atom stereocenters. The van der Waals surface area contributed by atoms with Crippen LogP contribution < -0.4 is 9.47 Å². The van der Waals surface area contributed by atoms with E-state index in [4.69, 9.17) is 9.47 Å². The van der Waals surface area contributed by atoms with E-state index in [2.05, 4.69) is 48.0 Å². The van der Waals surface area contributed by atoms with Crippen LogP contribution >= 0.6 is 15.9 Å². The molecule has 0 saturated heterocycles. The summed E-state index contributed by atoms with van der Waals surface area (Å²) < 4.78 is 11.5. The molecule has 27 heavy (non-hydrogen) atoms. The molecule has 2 aromatic rings. The van der Waals surface area contributed by atoms with Crippen molar-refractivity contribution < 1.29 is 14.6 Å². The van der Waals surface area contributed by atoms with Crippen LogP contribution in [0.3, 0.4) is 0 Å². The summed E-state index contributed by atoms with van der Waals surface area (Å²) in [6.07, 6.45) is 4.87. The van der Waals surface area contributed by atoms with Crippen LogP contribution in [0.15, 0.2) is 35.9 Å². The van der Waals surface area contributed by atoms with Gasteiger partial charge in [-0.2, -0.15) is 0 Å². The van der Waals surface area contributed by atoms with E-state index in [0.717, 1.165) is 52.7 Å². The Balaban J connectivity index is 2.31. The summed E-state index contributed by atoms with van der Waals surface area (Å²) in [6.45, 7) is 7.90. The van der Waals surface area contributed by atoms with Gasteiger partial charge in [0.05, 0.1) is 19.8 Å². The van der Waals surface area contributed by atoms with Gasteiger partial charge in [-0.15, -0.1) is 0 Å². The van der Waals surface area contributed by atoms with Crippen molar-refractivity contribution in [1.29, 1.82) is 0 Å². The molecule has 148 valence electrons. The third kappa shape index (κ3) is 5.05. The molecule has 0 aliphatic heterocycles. The monoisotopic (exact) mass is 434 g/mol. The zero-order valence-electron chi connectivity index (χ0n) is 17.2. The van der Waals surface area contributed by atoms with Gasteiger partial charge in [-0.25, -0.2) is 0 Å². The first-order chi connectivity index (χ1) is 12.7. The quantitative estimate of drug-likeness (QED) is 0.410. The molecule has 1 N–H and O–H groups in total. The zero-order chi connectivity index (χ0) is 20.2. The first-order valence-electron chi connectivity index (χ1n) is 9.34. The van der Waals surface area contributed by atoms with Gasteiger partial charge >= 0.3 is 0 Å². The predicted octanol–water partition coefficient (Wildman–Crippen LogP) is 5.97. The third-order valence-electron chi connectivity index (χ3n) is 5.11. The van der Waals surface area contributed by atoms with Gasteiger partial charge in [0, 0.05) is 21.2 Å². The lowest BCUT2D eigenvalue weighted by Crippen LogP contribution is -2.31. The number of ether oxygens (including phenoxy) is 2. The fourth-order valence-electron chi connectivity index (χ4n) is 3.38. The van der Waals surface area contributed by atoms with Crippen LogP contribution in [0.5, 0.6) is 11.5 Å². The molecule has 0 radical (unpaired) electrons. The maximum absolute atomic E-state index is 10.1. The van der Waals surface area contributed by atoms with Gasteiger partial charge in [-0.3, -0.25) is 0 Å². The van der Waals surface area contributed by atoms with Crippen molar-refractivity contribution in [3.8, 4) is 11.5 Å². The molecule has 2 aromatic carbocycles. The van der Waals surface area contributed by atoms with Crippen LogP contribution in [0.1, 0.15) is 44.7 Å². The minimum Gasteiger partial charge on any atom is -0.496 e. The Morgan fingerprint density at radius 2 is 1.70 bits per heavy atom. The number of methoxy groups -OCH3 is 2. The molecular formula is C23H31BrO3. The smallest absolute Gasteiger partial charge is 0.130 e.